The number of sulfone groups is 1. The summed E-state index contributed by atoms with van der Waals surface area (Å²) in [5, 5.41) is 3.28. The zero-order valence-corrected chi connectivity index (χ0v) is 11.6. The third-order valence-corrected chi connectivity index (χ3v) is 6.87. The van der Waals surface area contributed by atoms with Crippen LogP contribution in [-0.4, -0.2) is 26.8 Å². The Morgan fingerprint density at radius 2 is 1.71 bits per heavy atom. The predicted molar refractivity (Wildman–Crippen MR) is 70.5 cm³/mol. The molecule has 1 aliphatic carbocycles. The third-order valence-electron chi connectivity index (χ3n) is 4.48. The van der Waals surface area contributed by atoms with Crippen LogP contribution in [0, 0.1) is 11.8 Å². The first kappa shape index (κ1) is 13.1. The summed E-state index contributed by atoms with van der Waals surface area (Å²) >= 11 is 0. The summed E-state index contributed by atoms with van der Waals surface area (Å²) in [6.45, 7) is 5.64. The molecule has 1 saturated carbocycles. The lowest BCUT2D eigenvalue weighted by Gasteiger charge is -2.13. The second kappa shape index (κ2) is 5.11. The molecule has 0 bridgehead atoms. The topological polar surface area (TPSA) is 46.2 Å². The highest BCUT2D eigenvalue weighted by molar-refractivity contribution is 7.95. The SMILES string of the molecule is CC=C(C)S(=O)(=O)C1CC2CCNCCC2C1. The van der Waals surface area contributed by atoms with Crippen molar-refractivity contribution in [2.75, 3.05) is 13.1 Å². The molecular formula is C13H23NO2S. The highest BCUT2D eigenvalue weighted by Gasteiger charge is 2.41. The summed E-state index contributed by atoms with van der Waals surface area (Å²) in [6.07, 6.45) is 5.77. The maximum atomic E-state index is 12.3. The van der Waals surface area contributed by atoms with Gasteiger partial charge in [-0.1, -0.05) is 6.08 Å². The van der Waals surface area contributed by atoms with E-state index in [1.54, 1.807) is 13.0 Å². The van der Waals surface area contributed by atoms with Gasteiger partial charge in [-0.3, -0.25) is 0 Å². The van der Waals surface area contributed by atoms with Crippen molar-refractivity contribution in [1.82, 2.24) is 5.32 Å². The minimum absolute atomic E-state index is 0.119. The van der Waals surface area contributed by atoms with E-state index in [1.807, 2.05) is 6.92 Å². The molecule has 0 radical (unpaired) electrons. The number of allylic oxidation sites excluding steroid dienone is 2. The van der Waals surface area contributed by atoms with Gasteiger partial charge < -0.3 is 5.32 Å². The fourth-order valence-electron chi connectivity index (χ4n) is 3.24. The normalized spacial score (nSPS) is 35.4. The molecule has 2 rings (SSSR count). The number of fused-ring (bicyclic) bond motifs is 1. The van der Waals surface area contributed by atoms with Crippen LogP contribution in [-0.2, 0) is 9.84 Å². The van der Waals surface area contributed by atoms with Gasteiger partial charge in [0.1, 0.15) is 0 Å². The number of nitrogens with one attached hydrogen (secondary N) is 1. The molecule has 2 unspecified atom stereocenters. The quantitative estimate of drug-likeness (QED) is 0.824. The van der Waals surface area contributed by atoms with E-state index in [0.717, 1.165) is 38.8 Å². The van der Waals surface area contributed by atoms with Crippen molar-refractivity contribution in [3.63, 3.8) is 0 Å². The van der Waals surface area contributed by atoms with Crippen LogP contribution in [0.4, 0.5) is 0 Å². The average Bonchev–Trinajstić information content (AvgIpc) is 2.60. The second-order valence-corrected chi connectivity index (χ2v) is 7.79. The summed E-state index contributed by atoms with van der Waals surface area (Å²) in [5.74, 6) is 1.24. The summed E-state index contributed by atoms with van der Waals surface area (Å²) in [5.41, 5.74) is 0. The minimum Gasteiger partial charge on any atom is -0.317 e. The molecule has 2 atom stereocenters. The van der Waals surface area contributed by atoms with E-state index < -0.39 is 9.84 Å². The average molecular weight is 257 g/mol. The van der Waals surface area contributed by atoms with Gasteiger partial charge in [0.05, 0.1) is 5.25 Å². The maximum Gasteiger partial charge on any atom is 0.176 e. The molecule has 0 aromatic heterocycles. The van der Waals surface area contributed by atoms with Crippen molar-refractivity contribution in [1.29, 1.82) is 0 Å². The maximum absolute atomic E-state index is 12.3. The van der Waals surface area contributed by atoms with E-state index in [-0.39, 0.29) is 5.25 Å². The molecular weight excluding hydrogens is 234 g/mol. The molecule has 2 aliphatic rings. The number of hydrogen-bond acceptors (Lipinski definition) is 3. The van der Waals surface area contributed by atoms with Gasteiger partial charge in [0, 0.05) is 4.91 Å². The third kappa shape index (κ3) is 2.58. The van der Waals surface area contributed by atoms with Gasteiger partial charge in [-0.2, -0.15) is 0 Å². The molecule has 1 aliphatic heterocycles. The fourth-order valence-corrected chi connectivity index (χ4v) is 5.10. The highest BCUT2D eigenvalue weighted by Crippen LogP contribution is 2.41. The van der Waals surface area contributed by atoms with Crippen LogP contribution in [0.2, 0.25) is 0 Å². The summed E-state index contributed by atoms with van der Waals surface area (Å²) in [6, 6.07) is 0. The van der Waals surface area contributed by atoms with Crippen molar-refractivity contribution in [2.45, 2.75) is 44.8 Å². The molecule has 17 heavy (non-hydrogen) atoms. The van der Waals surface area contributed by atoms with E-state index in [0.29, 0.717) is 16.7 Å². The lowest BCUT2D eigenvalue weighted by molar-refractivity contribution is 0.378. The van der Waals surface area contributed by atoms with Crippen molar-refractivity contribution in [3.8, 4) is 0 Å². The molecule has 0 aromatic rings. The van der Waals surface area contributed by atoms with Crippen LogP contribution >= 0.6 is 0 Å². The van der Waals surface area contributed by atoms with E-state index in [2.05, 4.69) is 5.32 Å². The largest absolute Gasteiger partial charge is 0.317 e. The Balaban J connectivity index is 2.12. The Morgan fingerprint density at radius 3 is 2.18 bits per heavy atom. The van der Waals surface area contributed by atoms with Gasteiger partial charge in [-0.05, 0) is 64.5 Å². The van der Waals surface area contributed by atoms with E-state index in [4.69, 9.17) is 0 Å². The molecule has 1 heterocycles. The first-order valence-corrected chi connectivity index (χ1v) is 8.18. The van der Waals surface area contributed by atoms with Crippen molar-refractivity contribution in [2.24, 2.45) is 11.8 Å². The van der Waals surface area contributed by atoms with Crippen molar-refractivity contribution in [3.05, 3.63) is 11.0 Å². The Bertz CT molecular complexity index is 386. The van der Waals surface area contributed by atoms with Crippen molar-refractivity contribution >= 4 is 9.84 Å². The van der Waals surface area contributed by atoms with Crippen LogP contribution in [0.5, 0.6) is 0 Å². The first-order chi connectivity index (χ1) is 8.05. The zero-order valence-electron chi connectivity index (χ0n) is 10.8. The molecule has 3 nitrogen and oxygen atoms in total. The molecule has 2 fully saturated rings. The smallest absolute Gasteiger partial charge is 0.176 e. The lowest BCUT2D eigenvalue weighted by atomic mass is 9.92. The standard InChI is InChI=1S/C13H23NO2S/c1-3-10(2)17(15,16)13-8-11-4-6-14-7-5-12(11)9-13/h3,11-14H,4-9H2,1-2H3. The van der Waals surface area contributed by atoms with Crippen LogP contribution in [0.15, 0.2) is 11.0 Å². The summed E-state index contributed by atoms with van der Waals surface area (Å²) < 4.78 is 24.6. The van der Waals surface area contributed by atoms with Crippen LogP contribution in [0.1, 0.15) is 39.5 Å². The van der Waals surface area contributed by atoms with Gasteiger partial charge in [-0.15, -0.1) is 0 Å². The molecule has 4 heteroatoms. The Hall–Kier alpha value is -0.350. The van der Waals surface area contributed by atoms with Crippen LogP contribution < -0.4 is 5.32 Å². The summed E-state index contributed by atoms with van der Waals surface area (Å²) in [7, 11) is -3.02. The van der Waals surface area contributed by atoms with E-state index >= 15 is 0 Å². The lowest BCUT2D eigenvalue weighted by Crippen LogP contribution is -2.21. The number of rotatable bonds is 2. The summed E-state index contributed by atoms with van der Waals surface area (Å²) in [4.78, 5) is 0.553. The Kier molecular flexibility index (Phi) is 3.93. The Morgan fingerprint density at radius 1 is 1.18 bits per heavy atom. The van der Waals surface area contributed by atoms with Gasteiger partial charge in [0.25, 0.3) is 0 Å². The molecule has 0 spiro atoms. The van der Waals surface area contributed by atoms with Gasteiger partial charge >= 0.3 is 0 Å². The van der Waals surface area contributed by atoms with Gasteiger partial charge in [0.15, 0.2) is 9.84 Å². The fraction of sp³-hybridized carbons (Fsp3) is 0.846. The van der Waals surface area contributed by atoms with Gasteiger partial charge in [-0.25, -0.2) is 8.42 Å². The van der Waals surface area contributed by atoms with Crippen LogP contribution in [0.25, 0.3) is 0 Å². The molecule has 0 amide bonds. The Labute approximate surface area is 105 Å². The van der Waals surface area contributed by atoms with E-state index in [9.17, 15) is 8.42 Å². The molecule has 1 N–H and O–H groups in total. The number of hydrogen-bond donors (Lipinski definition) is 1. The van der Waals surface area contributed by atoms with Gasteiger partial charge in [0.2, 0.25) is 0 Å². The molecule has 1 saturated heterocycles. The monoisotopic (exact) mass is 257 g/mol. The molecule has 0 aromatic carbocycles. The van der Waals surface area contributed by atoms with Crippen molar-refractivity contribution < 1.29 is 8.42 Å². The minimum atomic E-state index is -3.02. The predicted octanol–water partition coefficient (Wildman–Crippen LogP) is 2.10. The van der Waals surface area contributed by atoms with E-state index in [1.165, 1.54) is 0 Å². The molecule has 98 valence electrons. The first-order valence-electron chi connectivity index (χ1n) is 6.63. The second-order valence-electron chi connectivity index (χ2n) is 5.39. The highest BCUT2D eigenvalue weighted by atomic mass is 32.2. The van der Waals surface area contributed by atoms with Crippen LogP contribution in [0.3, 0.4) is 0 Å². The zero-order chi connectivity index (χ0) is 12.5.